The lowest BCUT2D eigenvalue weighted by Crippen LogP contribution is -2.30. The number of nitrogens with zero attached hydrogens (tertiary/aromatic N) is 4. The zero-order valence-corrected chi connectivity index (χ0v) is 19.2. The van der Waals surface area contributed by atoms with Gasteiger partial charge in [0.1, 0.15) is 10.6 Å². The van der Waals surface area contributed by atoms with Crippen LogP contribution in [-0.4, -0.2) is 51.9 Å². The van der Waals surface area contributed by atoms with Crippen LogP contribution in [0.2, 0.25) is 0 Å². The normalized spacial score (nSPS) is 12.0. The third-order valence-electron chi connectivity index (χ3n) is 5.18. The number of rotatable bonds is 8. The second-order valence-corrected chi connectivity index (χ2v) is 10.0. The molecule has 3 N–H and O–H groups in total. The molecule has 0 saturated heterocycles. The van der Waals surface area contributed by atoms with Crippen LogP contribution in [0.4, 0.5) is 0 Å². The first kappa shape index (κ1) is 22.1. The predicted octanol–water partition coefficient (Wildman–Crippen LogP) is 2.80. The summed E-state index contributed by atoms with van der Waals surface area (Å²) in [6, 6.07) is 5.51. The lowest BCUT2D eigenvalue weighted by molar-refractivity contribution is 0.0996. The largest absolute Gasteiger partial charge is 0.364 e. The van der Waals surface area contributed by atoms with E-state index in [9.17, 15) is 13.2 Å². The number of H-pyrrole nitrogens is 1. The van der Waals surface area contributed by atoms with Gasteiger partial charge in [-0.15, -0.1) is 11.3 Å². The van der Waals surface area contributed by atoms with Gasteiger partial charge in [-0.2, -0.15) is 9.40 Å². The van der Waals surface area contributed by atoms with E-state index < -0.39 is 15.9 Å². The molecule has 11 heteroatoms. The molecule has 1 amide bonds. The van der Waals surface area contributed by atoms with Gasteiger partial charge in [0.15, 0.2) is 0 Å². The van der Waals surface area contributed by atoms with Crippen molar-refractivity contribution in [1.29, 1.82) is 0 Å². The minimum atomic E-state index is -3.63. The molecule has 32 heavy (non-hydrogen) atoms. The molecule has 3 heterocycles. The van der Waals surface area contributed by atoms with Gasteiger partial charge in [0.2, 0.25) is 10.0 Å². The molecule has 1 aromatic carbocycles. The summed E-state index contributed by atoms with van der Waals surface area (Å²) in [5, 5.41) is 10.4. The summed E-state index contributed by atoms with van der Waals surface area (Å²) in [6.07, 6.45) is 5.22. The van der Waals surface area contributed by atoms with Gasteiger partial charge in [-0.05, 0) is 29.3 Å². The highest BCUT2D eigenvalue weighted by Crippen LogP contribution is 2.30. The first-order valence-corrected chi connectivity index (χ1v) is 12.3. The van der Waals surface area contributed by atoms with E-state index >= 15 is 0 Å². The van der Waals surface area contributed by atoms with E-state index in [4.69, 9.17) is 5.73 Å². The van der Waals surface area contributed by atoms with E-state index in [-0.39, 0.29) is 10.6 Å². The van der Waals surface area contributed by atoms with Crippen molar-refractivity contribution in [3.63, 3.8) is 0 Å². The fraction of sp³-hybridized carbons (Fsp3) is 0.238. The average Bonchev–Trinajstić information content (AvgIpc) is 3.44. The SMILES string of the molecule is CCN(CC)S(=O)(=O)c1cncc(-c2cc(Cc3nc(C(N)=O)cs3)c3cn[nH]c3c2)c1. The zero-order valence-electron chi connectivity index (χ0n) is 17.6. The Kier molecular flexibility index (Phi) is 6.04. The molecule has 4 rings (SSSR count). The van der Waals surface area contributed by atoms with Crippen LogP contribution in [0.3, 0.4) is 0 Å². The van der Waals surface area contributed by atoms with Crippen molar-refractivity contribution in [2.75, 3.05) is 13.1 Å². The molecule has 0 spiro atoms. The van der Waals surface area contributed by atoms with Crippen molar-refractivity contribution < 1.29 is 13.2 Å². The Morgan fingerprint density at radius 2 is 1.91 bits per heavy atom. The highest BCUT2D eigenvalue weighted by Gasteiger charge is 2.22. The Labute approximate surface area is 189 Å². The summed E-state index contributed by atoms with van der Waals surface area (Å²) in [4.78, 5) is 20.0. The van der Waals surface area contributed by atoms with Gasteiger partial charge in [0.05, 0.1) is 16.7 Å². The van der Waals surface area contributed by atoms with Crippen molar-refractivity contribution in [3.05, 3.63) is 58.4 Å². The number of carbonyl (C=O) groups is 1. The minimum absolute atomic E-state index is 0.149. The summed E-state index contributed by atoms with van der Waals surface area (Å²) in [5.74, 6) is -0.563. The number of primary amides is 1. The minimum Gasteiger partial charge on any atom is -0.364 e. The van der Waals surface area contributed by atoms with Crippen LogP contribution in [0.15, 0.2) is 47.1 Å². The molecule has 0 fully saturated rings. The van der Waals surface area contributed by atoms with Gasteiger partial charge >= 0.3 is 0 Å². The van der Waals surface area contributed by atoms with Crippen LogP contribution in [-0.2, 0) is 16.4 Å². The molecule has 0 atom stereocenters. The van der Waals surface area contributed by atoms with E-state index in [0.717, 1.165) is 27.0 Å². The van der Waals surface area contributed by atoms with E-state index in [0.29, 0.717) is 25.1 Å². The van der Waals surface area contributed by atoms with Gasteiger partial charge < -0.3 is 5.73 Å². The number of hydrogen-bond acceptors (Lipinski definition) is 7. The highest BCUT2D eigenvalue weighted by molar-refractivity contribution is 7.89. The van der Waals surface area contributed by atoms with Crippen molar-refractivity contribution in [2.45, 2.75) is 25.2 Å². The Balaban J connectivity index is 1.76. The van der Waals surface area contributed by atoms with Gasteiger partial charge in [-0.3, -0.25) is 14.9 Å². The molecule has 0 aliphatic heterocycles. The van der Waals surface area contributed by atoms with E-state index in [1.54, 1.807) is 37.7 Å². The number of nitrogens with two attached hydrogens (primary N) is 1. The fourth-order valence-corrected chi connectivity index (χ4v) is 5.79. The fourth-order valence-electron chi connectivity index (χ4n) is 3.54. The monoisotopic (exact) mass is 470 g/mol. The van der Waals surface area contributed by atoms with Gasteiger partial charge in [-0.25, -0.2) is 13.4 Å². The van der Waals surface area contributed by atoms with Crippen LogP contribution in [0, 0.1) is 0 Å². The molecule has 9 nitrogen and oxygen atoms in total. The summed E-state index contributed by atoms with van der Waals surface area (Å²) in [5.41, 5.74) is 8.77. The number of thiazole rings is 1. The third-order valence-corrected chi connectivity index (χ3v) is 8.04. The summed E-state index contributed by atoms with van der Waals surface area (Å²) < 4.78 is 27.3. The van der Waals surface area contributed by atoms with Crippen LogP contribution < -0.4 is 5.73 Å². The average molecular weight is 471 g/mol. The van der Waals surface area contributed by atoms with Gasteiger partial charge in [0, 0.05) is 48.2 Å². The lowest BCUT2D eigenvalue weighted by atomic mass is 10.00. The Morgan fingerprint density at radius 3 is 2.59 bits per heavy atom. The molecular formula is C21H22N6O3S2. The molecule has 0 aliphatic carbocycles. The summed E-state index contributed by atoms with van der Waals surface area (Å²) >= 11 is 1.36. The molecule has 4 aromatic rings. The number of amides is 1. The van der Waals surface area contributed by atoms with Crippen molar-refractivity contribution in [3.8, 4) is 11.1 Å². The number of nitrogens with one attached hydrogen (secondary N) is 1. The lowest BCUT2D eigenvalue weighted by Gasteiger charge is -2.18. The first-order valence-electron chi connectivity index (χ1n) is 9.99. The number of sulfonamides is 1. The van der Waals surface area contributed by atoms with Crippen LogP contribution >= 0.6 is 11.3 Å². The third kappa shape index (κ3) is 4.14. The molecule has 166 valence electrons. The second-order valence-electron chi connectivity index (χ2n) is 7.13. The molecule has 0 saturated carbocycles. The van der Waals surface area contributed by atoms with E-state index in [1.807, 2.05) is 12.1 Å². The summed E-state index contributed by atoms with van der Waals surface area (Å²) in [6.45, 7) is 4.38. The van der Waals surface area contributed by atoms with E-state index in [1.165, 1.54) is 21.8 Å². The maximum atomic E-state index is 12.9. The van der Waals surface area contributed by atoms with E-state index in [2.05, 4.69) is 20.2 Å². The molecular weight excluding hydrogens is 448 g/mol. The molecule has 0 aliphatic rings. The Hall–Kier alpha value is -3.15. The van der Waals surface area contributed by atoms with Gasteiger partial charge in [0.25, 0.3) is 5.91 Å². The maximum Gasteiger partial charge on any atom is 0.268 e. The smallest absolute Gasteiger partial charge is 0.268 e. The predicted molar refractivity (Wildman–Crippen MR) is 123 cm³/mol. The topological polar surface area (TPSA) is 135 Å². The van der Waals surface area contributed by atoms with Crippen molar-refractivity contribution in [2.24, 2.45) is 5.73 Å². The molecule has 0 radical (unpaired) electrons. The van der Waals surface area contributed by atoms with Gasteiger partial charge in [-0.1, -0.05) is 13.8 Å². The summed E-state index contributed by atoms with van der Waals surface area (Å²) in [7, 11) is -3.63. The molecule has 0 unspecified atom stereocenters. The first-order chi connectivity index (χ1) is 15.3. The standard InChI is InChI=1S/C21H22N6O3S2/c1-3-27(4-2)32(29,30)16-6-15(9-23-10-16)13-5-14(17-11-24-26-18(17)7-13)8-20-25-19(12-31-20)21(22)28/h5-7,9-12H,3-4,8H2,1-2H3,(H2,22,28)(H,24,26). The van der Waals surface area contributed by atoms with Crippen molar-refractivity contribution in [1.82, 2.24) is 24.5 Å². The number of aromatic amines is 1. The Morgan fingerprint density at radius 1 is 1.12 bits per heavy atom. The number of carbonyl (C=O) groups excluding carboxylic acids is 1. The number of pyridine rings is 1. The number of benzene rings is 1. The zero-order chi connectivity index (χ0) is 22.9. The second kappa shape index (κ2) is 8.77. The van der Waals surface area contributed by atoms with Crippen LogP contribution in [0.5, 0.6) is 0 Å². The Bertz CT molecular complexity index is 1390. The number of fused-ring (bicyclic) bond motifs is 1. The maximum absolute atomic E-state index is 12.9. The van der Waals surface area contributed by atoms with Crippen molar-refractivity contribution >= 4 is 38.2 Å². The van der Waals surface area contributed by atoms with Crippen LogP contribution in [0.1, 0.15) is 34.9 Å². The molecule has 0 bridgehead atoms. The molecule has 3 aromatic heterocycles. The number of hydrogen-bond donors (Lipinski definition) is 2. The highest BCUT2D eigenvalue weighted by atomic mass is 32.2. The number of aromatic nitrogens is 4. The van der Waals surface area contributed by atoms with Crippen LogP contribution in [0.25, 0.3) is 22.0 Å². The quantitative estimate of drug-likeness (QED) is 0.406.